The van der Waals surface area contributed by atoms with Gasteiger partial charge >= 0.3 is 12.1 Å². The van der Waals surface area contributed by atoms with Crippen LogP contribution in [0.4, 0.5) is 4.79 Å². The van der Waals surface area contributed by atoms with E-state index in [1.165, 1.54) is 7.11 Å². The van der Waals surface area contributed by atoms with Gasteiger partial charge in [-0.15, -0.1) is 0 Å². The number of hydrogen-bond acceptors (Lipinski definition) is 5. The molecule has 2 unspecified atom stereocenters. The van der Waals surface area contributed by atoms with Gasteiger partial charge in [0.05, 0.1) is 7.11 Å². The van der Waals surface area contributed by atoms with Gasteiger partial charge in [-0.1, -0.05) is 0 Å². The summed E-state index contributed by atoms with van der Waals surface area (Å²) < 4.78 is 9.63. The molecular weight excluding hydrogens is 224 g/mol. The summed E-state index contributed by atoms with van der Waals surface area (Å²) in [7, 11) is 1.26. The molecule has 3 N–H and O–H groups in total. The number of esters is 1. The Hall–Kier alpha value is -1.30. The second kappa shape index (κ2) is 6.44. The van der Waals surface area contributed by atoms with Gasteiger partial charge in [0.2, 0.25) is 0 Å². The van der Waals surface area contributed by atoms with Gasteiger partial charge in [0, 0.05) is 6.04 Å². The molecule has 0 aliphatic heterocycles. The van der Waals surface area contributed by atoms with Crippen molar-refractivity contribution >= 4 is 12.1 Å². The third-order valence-electron chi connectivity index (χ3n) is 1.78. The summed E-state index contributed by atoms with van der Waals surface area (Å²) in [5.41, 5.74) is 4.98. The largest absolute Gasteiger partial charge is 0.467 e. The predicted octanol–water partition coefficient (Wildman–Crippen LogP) is 0.790. The zero-order chi connectivity index (χ0) is 13.6. The van der Waals surface area contributed by atoms with Gasteiger partial charge in [-0.05, 0) is 34.1 Å². The molecule has 0 fully saturated rings. The first-order valence-corrected chi connectivity index (χ1v) is 5.48. The van der Waals surface area contributed by atoms with Gasteiger partial charge in [0.1, 0.15) is 11.6 Å². The molecule has 0 rings (SSSR count). The van der Waals surface area contributed by atoms with Crippen LogP contribution in [0.25, 0.3) is 0 Å². The molecule has 0 aromatic carbocycles. The lowest BCUT2D eigenvalue weighted by Crippen LogP contribution is -2.46. The fourth-order valence-corrected chi connectivity index (χ4v) is 1.18. The lowest BCUT2D eigenvalue weighted by Gasteiger charge is -2.23. The van der Waals surface area contributed by atoms with E-state index < -0.39 is 23.7 Å². The molecule has 100 valence electrons. The predicted molar refractivity (Wildman–Crippen MR) is 63.4 cm³/mol. The Morgan fingerprint density at radius 2 is 1.88 bits per heavy atom. The molecule has 0 spiro atoms. The second-order valence-corrected chi connectivity index (χ2v) is 4.93. The fourth-order valence-electron chi connectivity index (χ4n) is 1.18. The van der Waals surface area contributed by atoms with E-state index in [4.69, 9.17) is 10.5 Å². The minimum Gasteiger partial charge on any atom is -0.467 e. The van der Waals surface area contributed by atoms with E-state index in [2.05, 4.69) is 10.1 Å². The van der Waals surface area contributed by atoms with Crippen LogP contribution >= 0.6 is 0 Å². The van der Waals surface area contributed by atoms with E-state index in [1.54, 1.807) is 27.7 Å². The summed E-state index contributed by atoms with van der Waals surface area (Å²) in [6.45, 7) is 6.97. The van der Waals surface area contributed by atoms with Gasteiger partial charge in [0.15, 0.2) is 0 Å². The zero-order valence-electron chi connectivity index (χ0n) is 11.1. The normalized spacial score (nSPS) is 14.7. The molecule has 17 heavy (non-hydrogen) atoms. The number of hydrogen-bond donors (Lipinski definition) is 2. The monoisotopic (exact) mass is 246 g/mol. The highest BCUT2D eigenvalue weighted by atomic mass is 16.6. The van der Waals surface area contributed by atoms with Gasteiger partial charge < -0.3 is 20.5 Å². The molecule has 6 heteroatoms. The number of ether oxygens (including phenoxy) is 2. The van der Waals surface area contributed by atoms with Crippen molar-refractivity contribution < 1.29 is 19.1 Å². The number of carbonyl (C=O) groups is 2. The molecule has 0 aliphatic rings. The minimum absolute atomic E-state index is 0.228. The van der Waals surface area contributed by atoms with E-state index >= 15 is 0 Å². The quantitative estimate of drug-likeness (QED) is 0.716. The minimum atomic E-state index is -0.783. The van der Waals surface area contributed by atoms with Crippen LogP contribution in [0.15, 0.2) is 0 Å². The summed E-state index contributed by atoms with van der Waals surface area (Å²) in [4.78, 5) is 22.9. The van der Waals surface area contributed by atoms with Crippen LogP contribution in [0.5, 0.6) is 0 Å². The molecule has 1 amide bonds. The molecular formula is C11H22N2O4. The first-order chi connectivity index (χ1) is 7.65. The third-order valence-corrected chi connectivity index (χ3v) is 1.78. The topological polar surface area (TPSA) is 90.6 Å². The van der Waals surface area contributed by atoms with Crippen molar-refractivity contribution in [3.05, 3.63) is 0 Å². The Bertz CT molecular complexity index is 271. The standard InChI is InChI=1S/C11H22N2O4/c1-7(12)6-8(9(14)16-5)13-10(15)17-11(2,3)4/h7-8H,6,12H2,1-5H3,(H,13,15). The van der Waals surface area contributed by atoms with Crippen molar-refractivity contribution in [2.75, 3.05) is 7.11 Å². The van der Waals surface area contributed by atoms with E-state index in [-0.39, 0.29) is 6.04 Å². The Kier molecular flexibility index (Phi) is 5.95. The van der Waals surface area contributed by atoms with Gasteiger partial charge in [-0.25, -0.2) is 9.59 Å². The fraction of sp³-hybridized carbons (Fsp3) is 0.818. The summed E-state index contributed by atoms with van der Waals surface area (Å²) >= 11 is 0. The molecule has 0 saturated carbocycles. The lowest BCUT2D eigenvalue weighted by atomic mass is 10.1. The molecule has 0 heterocycles. The first kappa shape index (κ1) is 15.7. The van der Waals surface area contributed by atoms with E-state index in [1.807, 2.05) is 0 Å². The number of carbonyl (C=O) groups excluding carboxylic acids is 2. The summed E-state index contributed by atoms with van der Waals surface area (Å²) in [5.74, 6) is -0.534. The molecule has 2 atom stereocenters. The van der Waals surface area contributed by atoms with E-state index in [0.717, 1.165) is 0 Å². The molecule has 0 aliphatic carbocycles. The SMILES string of the molecule is COC(=O)C(CC(C)N)NC(=O)OC(C)(C)C. The number of methoxy groups -OCH3 is 1. The second-order valence-electron chi connectivity index (χ2n) is 4.93. The highest BCUT2D eigenvalue weighted by Crippen LogP contribution is 2.08. The van der Waals surface area contributed by atoms with Crippen molar-refractivity contribution in [2.45, 2.75) is 51.8 Å². The summed E-state index contributed by atoms with van der Waals surface area (Å²) in [5, 5.41) is 2.44. The number of alkyl carbamates (subject to hydrolysis) is 1. The zero-order valence-corrected chi connectivity index (χ0v) is 11.1. The Labute approximate surface area is 102 Å². The van der Waals surface area contributed by atoms with Crippen molar-refractivity contribution in [1.29, 1.82) is 0 Å². The molecule has 0 saturated heterocycles. The van der Waals surface area contributed by atoms with Crippen LogP contribution in [-0.2, 0) is 14.3 Å². The van der Waals surface area contributed by atoms with Crippen molar-refractivity contribution in [3.8, 4) is 0 Å². The smallest absolute Gasteiger partial charge is 0.408 e. The van der Waals surface area contributed by atoms with Crippen LogP contribution in [0.1, 0.15) is 34.1 Å². The van der Waals surface area contributed by atoms with Gasteiger partial charge in [0.25, 0.3) is 0 Å². The number of rotatable bonds is 4. The van der Waals surface area contributed by atoms with Crippen LogP contribution in [0.2, 0.25) is 0 Å². The van der Waals surface area contributed by atoms with Crippen molar-refractivity contribution in [2.24, 2.45) is 5.73 Å². The van der Waals surface area contributed by atoms with Crippen LogP contribution < -0.4 is 11.1 Å². The average molecular weight is 246 g/mol. The maximum atomic E-state index is 11.5. The van der Waals surface area contributed by atoms with Crippen LogP contribution in [0, 0.1) is 0 Å². The van der Waals surface area contributed by atoms with Gasteiger partial charge in [-0.2, -0.15) is 0 Å². The third kappa shape index (κ3) is 7.57. The van der Waals surface area contributed by atoms with Crippen molar-refractivity contribution in [1.82, 2.24) is 5.32 Å². The van der Waals surface area contributed by atoms with Crippen LogP contribution in [-0.4, -0.2) is 36.9 Å². The highest BCUT2D eigenvalue weighted by molar-refractivity contribution is 5.81. The lowest BCUT2D eigenvalue weighted by molar-refractivity contribution is -0.143. The number of nitrogens with one attached hydrogen (secondary N) is 1. The number of nitrogens with two attached hydrogens (primary N) is 1. The maximum Gasteiger partial charge on any atom is 0.408 e. The Balaban J connectivity index is 4.43. The average Bonchev–Trinajstić information content (AvgIpc) is 2.11. The Morgan fingerprint density at radius 3 is 2.24 bits per heavy atom. The summed E-state index contributed by atoms with van der Waals surface area (Å²) in [6, 6.07) is -1.01. The van der Waals surface area contributed by atoms with E-state index in [0.29, 0.717) is 6.42 Å². The Morgan fingerprint density at radius 1 is 1.35 bits per heavy atom. The molecule has 0 aromatic heterocycles. The molecule has 0 aromatic rings. The summed E-state index contributed by atoms with van der Waals surface area (Å²) in [6.07, 6.45) is -0.361. The van der Waals surface area contributed by atoms with Crippen LogP contribution in [0.3, 0.4) is 0 Å². The maximum absolute atomic E-state index is 11.5. The van der Waals surface area contributed by atoms with E-state index in [9.17, 15) is 9.59 Å². The van der Waals surface area contributed by atoms with Crippen molar-refractivity contribution in [3.63, 3.8) is 0 Å². The molecule has 0 bridgehead atoms. The molecule has 0 radical (unpaired) electrons. The van der Waals surface area contributed by atoms with Gasteiger partial charge in [-0.3, -0.25) is 0 Å². The highest BCUT2D eigenvalue weighted by Gasteiger charge is 2.25. The number of amides is 1. The molecule has 6 nitrogen and oxygen atoms in total. The first-order valence-electron chi connectivity index (χ1n) is 5.48.